The minimum atomic E-state index is -0.0664. The molecular weight excluding hydrogens is 258 g/mol. The summed E-state index contributed by atoms with van der Waals surface area (Å²) in [6.07, 6.45) is 6.34. The largest absolute Gasteiger partial charge is 0.469 e. The monoisotopic (exact) mass is 285 g/mol. The number of carbonyl (C=O) groups is 1. The van der Waals surface area contributed by atoms with Gasteiger partial charge in [-0.15, -0.1) is 0 Å². The summed E-state index contributed by atoms with van der Waals surface area (Å²) in [5.41, 5.74) is 0. The molecule has 5 nitrogen and oxygen atoms in total. The Balaban J connectivity index is 1.61. The van der Waals surface area contributed by atoms with E-state index >= 15 is 0 Å². The molecular formula is C15H27NO4. The van der Waals surface area contributed by atoms with Crippen molar-refractivity contribution in [3.8, 4) is 0 Å². The molecule has 2 aliphatic rings. The predicted octanol–water partition coefficient (Wildman–Crippen LogP) is 1.50. The summed E-state index contributed by atoms with van der Waals surface area (Å²) in [6, 6.07) is 0.928. The van der Waals surface area contributed by atoms with Crippen molar-refractivity contribution >= 4 is 5.97 Å². The molecule has 2 fully saturated rings. The molecule has 20 heavy (non-hydrogen) atoms. The van der Waals surface area contributed by atoms with Gasteiger partial charge < -0.3 is 19.5 Å². The molecule has 1 saturated carbocycles. The lowest BCUT2D eigenvalue weighted by atomic mass is 9.87. The first kappa shape index (κ1) is 15.7. The summed E-state index contributed by atoms with van der Waals surface area (Å²) in [4.78, 5) is 11.5. The minimum absolute atomic E-state index is 0.0664. The average molecular weight is 285 g/mol. The van der Waals surface area contributed by atoms with Crippen LogP contribution in [0.4, 0.5) is 0 Å². The van der Waals surface area contributed by atoms with E-state index in [4.69, 9.17) is 14.2 Å². The van der Waals surface area contributed by atoms with Crippen molar-refractivity contribution in [3.05, 3.63) is 0 Å². The maximum absolute atomic E-state index is 11.5. The summed E-state index contributed by atoms with van der Waals surface area (Å²) in [5.74, 6) is 0.0128. The first-order valence-corrected chi connectivity index (χ1v) is 7.67. The minimum Gasteiger partial charge on any atom is -0.469 e. The van der Waals surface area contributed by atoms with E-state index < -0.39 is 0 Å². The number of ether oxygens (including phenoxy) is 3. The Morgan fingerprint density at radius 1 is 1.00 bits per heavy atom. The fourth-order valence-electron chi connectivity index (χ4n) is 3.25. The van der Waals surface area contributed by atoms with Gasteiger partial charge in [-0.25, -0.2) is 0 Å². The fourth-order valence-corrected chi connectivity index (χ4v) is 3.25. The van der Waals surface area contributed by atoms with Crippen LogP contribution in [0, 0.1) is 5.92 Å². The molecule has 0 spiro atoms. The van der Waals surface area contributed by atoms with Crippen molar-refractivity contribution in [3.63, 3.8) is 0 Å². The Kier molecular flexibility index (Phi) is 6.26. The van der Waals surface area contributed by atoms with E-state index in [1.807, 2.05) is 0 Å². The molecule has 0 aromatic rings. The Morgan fingerprint density at radius 3 is 2.25 bits per heavy atom. The molecule has 2 rings (SSSR count). The molecule has 1 heterocycles. The molecule has 1 N–H and O–H groups in total. The van der Waals surface area contributed by atoms with Gasteiger partial charge in [0.05, 0.1) is 32.3 Å². The fraction of sp³-hybridized carbons (Fsp3) is 0.933. The van der Waals surface area contributed by atoms with Crippen LogP contribution in [0.25, 0.3) is 0 Å². The van der Waals surface area contributed by atoms with Crippen LogP contribution in [0.2, 0.25) is 0 Å². The van der Waals surface area contributed by atoms with Gasteiger partial charge in [0.15, 0.2) is 0 Å². The topological polar surface area (TPSA) is 56.8 Å². The second kappa shape index (κ2) is 7.96. The summed E-state index contributed by atoms with van der Waals surface area (Å²) >= 11 is 0. The van der Waals surface area contributed by atoms with Crippen LogP contribution in [0.5, 0.6) is 0 Å². The quantitative estimate of drug-likeness (QED) is 0.750. The molecule has 0 bridgehead atoms. The summed E-state index contributed by atoms with van der Waals surface area (Å²) in [5, 5.41) is 3.54. The SMILES string of the molecule is COC[C@H]1CC[C@@H](COC2CCC(C(=O)OC)CC2)N1. The van der Waals surface area contributed by atoms with Gasteiger partial charge in [0.25, 0.3) is 0 Å². The van der Waals surface area contributed by atoms with Crippen LogP contribution in [-0.4, -0.2) is 51.6 Å². The molecule has 1 aliphatic carbocycles. The molecule has 0 aromatic carbocycles. The number of rotatable bonds is 6. The Hall–Kier alpha value is -0.650. The summed E-state index contributed by atoms with van der Waals surface area (Å²) in [6.45, 7) is 1.55. The van der Waals surface area contributed by atoms with Gasteiger partial charge >= 0.3 is 5.97 Å². The van der Waals surface area contributed by atoms with E-state index in [2.05, 4.69) is 5.32 Å². The van der Waals surface area contributed by atoms with Crippen molar-refractivity contribution in [2.45, 2.75) is 56.7 Å². The van der Waals surface area contributed by atoms with Gasteiger partial charge in [-0.2, -0.15) is 0 Å². The van der Waals surface area contributed by atoms with Crippen molar-refractivity contribution in [2.75, 3.05) is 27.4 Å². The zero-order valence-electron chi connectivity index (χ0n) is 12.6. The van der Waals surface area contributed by atoms with Crippen molar-refractivity contribution in [2.24, 2.45) is 5.92 Å². The number of esters is 1. The van der Waals surface area contributed by atoms with E-state index in [1.54, 1.807) is 7.11 Å². The number of hydrogen-bond donors (Lipinski definition) is 1. The zero-order chi connectivity index (χ0) is 14.4. The average Bonchev–Trinajstić information content (AvgIpc) is 2.93. The molecule has 0 aromatic heterocycles. The van der Waals surface area contributed by atoms with Crippen LogP contribution in [0.1, 0.15) is 38.5 Å². The van der Waals surface area contributed by atoms with Crippen LogP contribution in [-0.2, 0) is 19.0 Å². The Morgan fingerprint density at radius 2 is 1.65 bits per heavy atom. The third-order valence-corrected chi connectivity index (χ3v) is 4.44. The molecule has 1 saturated heterocycles. The van der Waals surface area contributed by atoms with Crippen LogP contribution < -0.4 is 5.32 Å². The highest BCUT2D eigenvalue weighted by Crippen LogP contribution is 2.27. The standard InChI is InChI=1S/C15H27NO4/c1-18-9-12-5-6-13(16-12)10-20-14-7-3-11(4-8-14)15(17)19-2/h11-14,16H,3-10H2,1-2H3/t11?,12-,13+,14?/m1/s1. The van der Waals surface area contributed by atoms with Crippen molar-refractivity contribution < 1.29 is 19.0 Å². The van der Waals surface area contributed by atoms with E-state index in [9.17, 15) is 4.79 Å². The first-order valence-electron chi connectivity index (χ1n) is 7.67. The lowest BCUT2D eigenvalue weighted by Gasteiger charge is -2.28. The highest BCUT2D eigenvalue weighted by Gasteiger charge is 2.29. The smallest absolute Gasteiger partial charge is 0.308 e. The maximum Gasteiger partial charge on any atom is 0.308 e. The molecule has 5 heteroatoms. The van der Waals surface area contributed by atoms with E-state index in [1.165, 1.54) is 7.11 Å². The van der Waals surface area contributed by atoms with Gasteiger partial charge in [0.2, 0.25) is 0 Å². The maximum atomic E-state index is 11.5. The zero-order valence-corrected chi connectivity index (χ0v) is 12.6. The van der Waals surface area contributed by atoms with Gasteiger partial charge in [-0.3, -0.25) is 4.79 Å². The summed E-state index contributed by atoms with van der Waals surface area (Å²) in [7, 11) is 3.21. The number of nitrogens with one attached hydrogen (secondary N) is 1. The lowest BCUT2D eigenvalue weighted by molar-refractivity contribution is -0.147. The van der Waals surface area contributed by atoms with Crippen LogP contribution in [0.3, 0.4) is 0 Å². The Labute approximate surface area is 121 Å². The van der Waals surface area contributed by atoms with Crippen molar-refractivity contribution in [1.29, 1.82) is 0 Å². The highest BCUT2D eigenvalue weighted by molar-refractivity contribution is 5.72. The highest BCUT2D eigenvalue weighted by atomic mass is 16.5. The number of hydrogen-bond acceptors (Lipinski definition) is 5. The Bertz CT molecular complexity index is 302. The van der Waals surface area contributed by atoms with E-state index in [0.717, 1.165) is 51.7 Å². The van der Waals surface area contributed by atoms with Crippen LogP contribution >= 0.6 is 0 Å². The third-order valence-electron chi connectivity index (χ3n) is 4.44. The van der Waals surface area contributed by atoms with Crippen LogP contribution in [0.15, 0.2) is 0 Å². The third kappa shape index (κ3) is 4.43. The molecule has 116 valence electrons. The lowest BCUT2D eigenvalue weighted by Crippen LogP contribution is -2.37. The number of carbonyl (C=O) groups excluding carboxylic acids is 1. The van der Waals surface area contributed by atoms with Gasteiger partial charge in [-0.1, -0.05) is 0 Å². The van der Waals surface area contributed by atoms with E-state index in [0.29, 0.717) is 18.2 Å². The first-order chi connectivity index (χ1) is 9.72. The second-order valence-electron chi connectivity index (χ2n) is 5.92. The van der Waals surface area contributed by atoms with E-state index in [-0.39, 0.29) is 11.9 Å². The second-order valence-corrected chi connectivity index (χ2v) is 5.92. The van der Waals surface area contributed by atoms with Gasteiger partial charge in [0, 0.05) is 19.2 Å². The molecule has 0 unspecified atom stereocenters. The summed E-state index contributed by atoms with van der Waals surface area (Å²) < 4.78 is 16.0. The molecule has 2 atom stereocenters. The van der Waals surface area contributed by atoms with Crippen molar-refractivity contribution in [1.82, 2.24) is 5.32 Å². The number of methoxy groups -OCH3 is 2. The molecule has 0 amide bonds. The predicted molar refractivity (Wildman–Crippen MR) is 75.5 cm³/mol. The van der Waals surface area contributed by atoms with Gasteiger partial charge in [0.1, 0.15) is 0 Å². The van der Waals surface area contributed by atoms with Gasteiger partial charge in [-0.05, 0) is 38.5 Å². The molecule has 1 aliphatic heterocycles. The molecule has 0 radical (unpaired) electrons. The normalized spacial score (nSPS) is 34.1.